The Morgan fingerprint density at radius 3 is 2.35 bits per heavy atom. The minimum absolute atomic E-state index is 0.0326. The quantitative estimate of drug-likeness (QED) is 0.746. The zero-order valence-corrected chi connectivity index (χ0v) is 13.7. The molecule has 0 aliphatic carbocycles. The Labute approximate surface area is 132 Å². The van der Waals surface area contributed by atoms with E-state index in [1.54, 1.807) is 6.07 Å². The molecule has 2 atom stereocenters. The molecule has 1 N–H and O–H groups in total. The number of benzene rings is 2. The third kappa shape index (κ3) is 3.60. The third-order valence-corrected chi connectivity index (χ3v) is 4.35. The number of nitrogens with one attached hydrogen (secondary N) is 1. The number of rotatable bonds is 4. The number of halogens is 3. The largest absolute Gasteiger partial charge is 0.304 e. The first-order valence-corrected chi connectivity index (χ1v) is 7.61. The average Bonchev–Trinajstić information content (AvgIpc) is 2.38. The Balaban J connectivity index is 2.15. The van der Waals surface area contributed by atoms with Crippen molar-refractivity contribution in [2.24, 2.45) is 0 Å². The lowest BCUT2D eigenvalue weighted by Crippen LogP contribution is -2.23. The lowest BCUT2D eigenvalue weighted by molar-refractivity contribution is 0.493. The van der Waals surface area contributed by atoms with E-state index < -0.39 is 0 Å². The third-order valence-electron chi connectivity index (χ3n) is 3.30. The summed E-state index contributed by atoms with van der Waals surface area (Å²) in [6, 6.07) is 12.8. The van der Waals surface area contributed by atoms with Crippen LogP contribution in [-0.4, -0.2) is 0 Å². The number of hydrogen-bond acceptors (Lipinski definition) is 1. The lowest BCUT2D eigenvalue weighted by atomic mass is 10.0. The second kappa shape index (κ2) is 6.70. The first-order chi connectivity index (χ1) is 9.49. The zero-order chi connectivity index (χ0) is 14.7. The molecule has 0 fully saturated rings. The van der Waals surface area contributed by atoms with Crippen LogP contribution in [-0.2, 0) is 0 Å². The van der Waals surface area contributed by atoms with Gasteiger partial charge in [-0.2, -0.15) is 0 Å². The highest BCUT2D eigenvalue weighted by atomic mass is 79.9. The Bertz CT molecular complexity index is 603. The van der Waals surface area contributed by atoms with Gasteiger partial charge in [-0.1, -0.05) is 51.8 Å². The molecule has 20 heavy (non-hydrogen) atoms. The second-order valence-corrected chi connectivity index (χ2v) is 6.06. The van der Waals surface area contributed by atoms with Gasteiger partial charge in [0.05, 0.1) is 0 Å². The van der Waals surface area contributed by atoms with Crippen LogP contribution >= 0.6 is 27.5 Å². The van der Waals surface area contributed by atoms with E-state index in [0.29, 0.717) is 5.02 Å². The first kappa shape index (κ1) is 15.5. The van der Waals surface area contributed by atoms with Crippen LogP contribution in [0, 0.1) is 5.82 Å². The highest BCUT2D eigenvalue weighted by Gasteiger charge is 2.15. The monoisotopic (exact) mass is 355 g/mol. The maximum atomic E-state index is 13.1. The molecule has 0 amide bonds. The standard InChI is InChI=1S/C16H16BrClFN/c1-10(13-5-3-4-6-15(13)17)20-11(2)14-8-7-12(19)9-16(14)18/h3-11,20H,1-2H3/t10-,11?/m0/s1. The number of hydrogen-bond donors (Lipinski definition) is 1. The van der Waals surface area contributed by atoms with Crippen molar-refractivity contribution in [3.63, 3.8) is 0 Å². The van der Waals surface area contributed by atoms with E-state index >= 15 is 0 Å². The van der Waals surface area contributed by atoms with Gasteiger partial charge >= 0.3 is 0 Å². The summed E-state index contributed by atoms with van der Waals surface area (Å²) in [5, 5.41) is 3.93. The van der Waals surface area contributed by atoms with Crippen LogP contribution in [0.1, 0.15) is 37.1 Å². The fourth-order valence-electron chi connectivity index (χ4n) is 2.23. The van der Waals surface area contributed by atoms with Crippen LogP contribution in [0.5, 0.6) is 0 Å². The van der Waals surface area contributed by atoms with E-state index in [1.165, 1.54) is 17.7 Å². The summed E-state index contributed by atoms with van der Waals surface area (Å²) >= 11 is 9.65. The van der Waals surface area contributed by atoms with Crippen molar-refractivity contribution in [3.05, 3.63) is 68.9 Å². The summed E-state index contributed by atoms with van der Waals surface area (Å²) in [5.74, 6) is -0.315. The fourth-order valence-corrected chi connectivity index (χ4v) is 3.19. The van der Waals surface area contributed by atoms with Crippen molar-refractivity contribution in [1.29, 1.82) is 0 Å². The molecule has 0 aliphatic rings. The minimum atomic E-state index is -0.315. The van der Waals surface area contributed by atoms with Crippen molar-refractivity contribution in [1.82, 2.24) is 5.32 Å². The molecule has 1 unspecified atom stereocenters. The van der Waals surface area contributed by atoms with Crippen molar-refractivity contribution < 1.29 is 4.39 Å². The molecule has 106 valence electrons. The molecule has 4 heteroatoms. The molecule has 2 aromatic rings. The maximum Gasteiger partial charge on any atom is 0.124 e. The SMILES string of the molecule is CC(N[C@@H](C)c1ccccc1Br)c1ccc(F)cc1Cl. The van der Waals surface area contributed by atoms with Crippen LogP contribution in [0.15, 0.2) is 46.9 Å². The van der Waals surface area contributed by atoms with Crippen LogP contribution in [0.2, 0.25) is 5.02 Å². The van der Waals surface area contributed by atoms with Crippen LogP contribution in [0.4, 0.5) is 4.39 Å². The molecule has 2 rings (SSSR count). The average molecular weight is 357 g/mol. The fraction of sp³-hybridized carbons (Fsp3) is 0.250. The minimum Gasteiger partial charge on any atom is -0.304 e. The molecule has 1 nitrogen and oxygen atoms in total. The van der Waals surface area contributed by atoms with E-state index in [-0.39, 0.29) is 17.9 Å². The molecule has 0 spiro atoms. The van der Waals surface area contributed by atoms with Crippen LogP contribution < -0.4 is 5.32 Å². The molecule has 2 aromatic carbocycles. The lowest BCUT2D eigenvalue weighted by Gasteiger charge is -2.22. The highest BCUT2D eigenvalue weighted by molar-refractivity contribution is 9.10. The van der Waals surface area contributed by atoms with Crippen molar-refractivity contribution in [2.75, 3.05) is 0 Å². The van der Waals surface area contributed by atoms with Gasteiger partial charge in [-0.3, -0.25) is 0 Å². The molecular formula is C16H16BrClFN. The van der Waals surface area contributed by atoms with Crippen LogP contribution in [0.25, 0.3) is 0 Å². The predicted octanol–water partition coefficient (Wildman–Crippen LogP) is 5.65. The van der Waals surface area contributed by atoms with Crippen molar-refractivity contribution >= 4 is 27.5 Å². The molecule has 0 radical (unpaired) electrons. The van der Waals surface area contributed by atoms with Gasteiger partial charge in [0.2, 0.25) is 0 Å². The van der Waals surface area contributed by atoms with Gasteiger partial charge in [-0.25, -0.2) is 4.39 Å². The summed E-state index contributed by atoms with van der Waals surface area (Å²) in [7, 11) is 0. The van der Waals surface area contributed by atoms with Crippen molar-refractivity contribution in [3.8, 4) is 0 Å². The van der Waals surface area contributed by atoms with Crippen LogP contribution in [0.3, 0.4) is 0 Å². The molecule has 0 heterocycles. The molecule has 0 aromatic heterocycles. The highest BCUT2D eigenvalue weighted by Crippen LogP contribution is 2.28. The Morgan fingerprint density at radius 2 is 1.70 bits per heavy atom. The Hall–Kier alpha value is -0.900. The molecular weight excluding hydrogens is 341 g/mol. The molecule has 0 saturated heterocycles. The van der Waals surface area contributed by atoms with Gasteiger partial charge in [-0.15, -0.1) is 0 Å². The topological polar surface area (TPSA) is 12.0 Å². The second-order valence-electron chi connectivity index (χ2n) is 4.80. The summed E-state index contributed by atoms with van der Waals surface area (Å²) < 4.78 is 14.1. The summed E-state index contributed by atoms with van der Waals surface area (Å²) in [4.78, 5) is 0. The van der Waals surface area contributed by atoms with E-state index in [1.807, 2.05) is 25.1 Å². The normalized spacial score (nSPS) is 14.1. The van der Waals surface area contributed by atoms with Gasteiger partial charge in [0.15, 0.2) is 0 Å². The molecule has 0 saturated carbocycles. The summed E-state index contributed by atoms with van der Waals surface area (Å²) in [5.41, 5.74) is 2.07. The Kier molecular flexibility index (Phi) is 5.19. The van der Waals surface area contributed by atoms with E-state index in [9.17, 15) is 4.39 Å². The molecule has 0 aliphatic heterocycles. The first-order valence-electron chi connectivity index (χ1n) is 6.44. The maximum absolute atomic E-state index is 13.1. The van der Waals surface area contributed by atoms with Gasteiger partial charge in [0, 0.05) is 21.6 Å². The molecule has 0 bridgehead atoms. The van der Waals surface area contributed by atoms with Gasteiger partial charge < -0.3 is 5.32 Å². The van der Waals surface area contributed by atoms with Gasteiger partial charge in [0.25, 0.3) is 0 Å². The predicted molar refractivity (Wildman–Crippen MR) is 85.5 cm³/mol. The van der Waals surface area contributed by atoms with E-state index in [2.05, 4.69) is 34.2 Å². The summed E-state index contributed by atoms with van der Waals surface area (Å²) in [6.07, 6.45) is 0. The summed E-state index contributed by atoms with van der Waals surface area (Å²) in [6.45, 7) is 4.11. The van der Waals surface area contributed by atoms with Gasteiger partial charge in [-0.05, 0) is 43.2 Å². The van der Waals surface area contributed by atoms with E-state index in [0.717, 1.165) is 10.0 Å². The van der Waals surface area contributed by atoms with E-state index in [4.69, 9.17) is 11.6 Å². The van der Waals surface area contributed by atoms with Gasteiger partial charge in [0.1, 0.15) is 5.82 Å². The smallest absolute Gasteiger partial charge is 0.124 e. The Morgan fingerprint density at radius 1 is 1.05 bits per heavy atom. The zero-order valence-electron chi connectivity index (χ0n) is 11.3. The van der Waals surface area contributed by atoms with Crippen molar-refractivity contribution in [2.45, 2.75) is 25.9 Å².